The Morgan fingerprint density at radius 2 is 1.76 bits per heavy atom. The summed E-state index contributed by atoms with van der Waals surface area (Å²) in [6.45, 7) is 7.41. The van der Waals surface area contributed by atoms with Gasteiger partial charge in [0.1, 0.15) is 12.1 Å². The normalized spacial score (nSPS) is 23.4. The van der Waals surface area contributed by atoms with E-state index in [1.165, 1.54) is 0 Å². The van der Waals surface area contributed by atoms with Gasteiger partial charge in [0.05, 0.1) is 30.2 Å². The molecule has 0 amide bonds. The molecule has 3 fully saturated rings. The number of aromatic nitrogens is 4. The third-order valence-electron chi connectivity index (χ3n) is 8.02. The van der Waals surface area contributed by atoms with Gasteiger partial charge < -0.3 is 24.2 Å². The van der Waals surface area contributed by atoms with E-state index in [1.807, 2.05) is 12.4 Å². The van der Waals surface area contributed by atoms with E-state index in [4.69, 9.17) is 14.5 Å². The topological polar surface area (TPSA) is 79.7 Å². The molecule has 2 aliphatic heterocycles. The number of likely N-dealkylation sites (N-methyl/N-ethyl adjacent to an activating group) is 1. The third-order valence-corrected chi connectivity index (χ3v) is 8.02. The van der Waals surface area contributed by atoms with Crippen LogP contribution in [-0.2, 0) is 11.2 Å². The lowest BCUT2D eigenvalue weighted by atomic mass is 9.84. The molecule has 0 radical (unpaired) electrons. The van der Waals surface area contributed by atoms with Crippen LogP contribution in [0.4, 0.5) is 11.6 Å². The minimum absolute atomic E-state index is 0.214. The van der Waals surface area contributed by atoms with Crippen molar-refractivity contribution in [3.63, 3.8) is 0 Å². The summed E-state index contributed by atoms with van der Waals surface area (Å²) in [7, 11) is 2.17. The molecule has 0 unspecified atom stereocenters. The zero-order chi connectivity index (χ0) is 25.0. The van der Waals surface area contributed by atoms with Crippen LogP contribution >= 0.6 is 0 Å². The van der Waals surface area contributed by atoms with Gasteiger partial charge in [0.25, 0.3) is 0 Å². The largest absolute Gasteiger partial charge is 0.490 e. The first kappa shape index (κ1) is 24.3. The molecule has 0 bridgehead atoms. The molecule has 4 heterocycles. The van der Waals surface area contributed by atoms with Crippen LogP contribution in [0.2, 0.25) is 0 Å². The molecule has 3 aromatic rings. The Morgan fingerprint density at radius 3 is 2.57 bits per heavy atom. The maximum atomic E-state index is 6.63. The van der Waals surface area contributed by atoms with E-state index in [1.54, 1.807) is 6.33 Å². The molecular weight excluding hydrogens is 466 g/mol. The number of rotatable bonds is 6. The van der Waals surface area contributed by atoms with E-state index in [0.29, 0.717) is 5.92 Å². The number of anilines is 2. The number of morpholine rings is 1. The van der Waals surface area contributed by atoms with Gasteiger partial charge in [0.2, 0.25) is 5.95 Å². The minimum atomic E-state index is 0.214. The van der Waals surface area contributed by atoms with Crippen LogP contribution in [0.3, 0.4) is 0 Å². The van der Waals surface area contributed by atoms with Crippen molar-refractivity contribution in [2.45, 2.75) is 38.2 Å². The van der Waals surface area contributed by atoms with Crippen molar-refractivity contribution in [1.29, 1.82) is 0 Å². The number of benzene rings is 1. The van der Waals surface area contributed by atoms with E-state index >= 15 is 0 Å². The zero-order valence-corrected chi connectivity index (χ0v) is 21.8. The highest BCUT2D eigenvalue weighted by Gasteiger charge is 2.25. The van der Waals surface area contributed by atoms with Crippen molar-refractivity contribution in [2.75, 3.05) is 69.3 Å². The van der Waals surface area contributed by atoms with E-state index in [9.17, 15) is 0 Å². The monoisotopic (exact) mass is 503 g/mol. The second-order valence-electron chi connectivity index (χ2n) is 10.6. The van der Waals surface area contributed by atoms with Crippen molar-refractivity contribution < 1.29 is 9.47 Å². The van der Waals surface area contributed by atoms with Crippen LogP contribution in [0.1, 0.15) is 31.4 Å². The molecule has 0 spiro atoms. The molecule has 0 atom stereocenters. The lowest BCUT2D eigenvalue weighted by Crippen LogP contribution is -2.45. The fourth-order valence-electron chi connectivity index (χ4n) is 5.73. The summed E-state index contributed by atoms with van der Waals surface area (Å²) in [5.41, 5.74) is 3.25. The highest BCUT2D eigenvalue weighted by atomic mass is 16.5. The lowest BCUT2D eigenvalue weighted by molar-refractivity contribution is 0.122. The number of nitrogens with zero attached hydrogens (tertiary/aromatic N) is 7. The van der Waals surface area contributed by atoms with Gasteiger partial charge in [-0.15, -0.1) is 0 Å². The van der Waals surface area contributed by atoms with Crippen LogP contribution in [0.25, 0.3) is 10.9 Å². The van der Waals surface area contributed by atoms with Gasteiger partial charge in [0, 0.05) is 69.1 Å². The van der Waals surface area contributed by atoms with Gasteiger partial charge in [-0.25, -0.2) is 19.9 Å². The van der Waals surface area contributed by atoms with Crippen LogP contribution in [0.15, 0.2) is 36.9 Å². The highest BCUT2D eigenvalue weighted by Crippen LogP contribution is 2.35. The molecule has 1 aromatic carbocycles. The summed E-state index contributed by atoms with van der Waals surface area (Å²) >= 11 is 0. The van der Waals surface area contributed by atoms with Gasteiger partial charge in [-0.05, 0) is 57.2 Å². The van der Waals surface area contributed by atoms with Crippen LogP contribution < -0.4 is 14.5 Å². The van der Waals surface area contributed by atoms with E-state index in [-0.39, 0.29) is 6.10 Å². The first-order valence-electron chi connectivity index (χ1n) is 13.7. The standard InChI is InChI=1S/C28H37N7O2/c1-33-8-10-35(11-9-33)28-30-7-6-22(32-28)16-21-2-4-24(5-3-21)37-27-18-23(34-12-14-36-15-13-34)17-26-25(27)19-29-20-31-26/h6-7,17-21,24H,2-5,8-16H2,1H3. The first-order valence-corrected chi connectivity index (χ1v) is 13.7. The van der Waals surface area contributed by atoms with Crippen molar-refractivity contribution >= 4 is 22.5 Å². The van der Waals surface area contributed by atoms with Gasteiger partial charge in [-0.3, -0.25) is 0 Å². The quantitative estimate of drug-likeness (QED) is 0.504. The average molecular weight is 504 g/mol. The molecule has 0 N–H and O–H groups in total. The minimum Gasteiger partial charge on any atom is -0.490 e. The molecule has 37 heavy (non-hydrogen) atoms. The number of fused-ring (bicyclic) bond motifs is 1. The van der Waals surface area contributed by atoms with Crippen LogP contribution in [0.5, 0.6) is 5.75 Å². The Labute approximate surface area is 218 Å². The molecule has 2 saturated heterocycles. The summed E-state index contributed by atoms with van der Waals surface area (Å²) in [6.07, 6.45) is 11.1. The molecule has 196 valence electrons. The Morgan fingerprint density at radius 1 is 0.946 bits per heavy atom. The maximum absolute atomic E-state index is 6.63. The van der Waals surface area contributed by atoms with Crippen molar-refractivity contribution in [3.05, 3.63) is 42.6 Å². The van der Waals surface area contributed by atoms with E-state index in [2.05, 4.69) is 54.9 Å². The predicted octanol–water partition coefficient (Wildman–Crippen LogP) is 3.19. The van der Waals surface area contributed by atoms with Gasteiger partial charge in [0.15, 0.2) is 0 Å². The van der Waals surface area contributed by atoms with Crippen molar-refractivity contribution in [1.82, 2.24) is 24.8 Å². The average Bonchev–Trinajstić information content (AvgIpc) is 2.95. The lowest BCUT2D eigenvalue weighted by Gasteiger charge is -2.33. The fourth-order valence-corrected chi connectivity index (χ4v) is 5.73. The summed E-state index contributed by atoms with van der Waals surface area (Å²) in [4.78, 5) is 25.3. The maximum Gasteiger partial charge on any atom is 0.225 e. The number of piperazine rings is 1. The summed E-state index contributed by atoms with van der Waals surface area (Å²) < 4.78 is 12.2. The Bertz CT molecular complexity index is 1190. The fraction of sp³-hybridized carbons (Fsp3) is 0.571. The van der Waals surface area contributed by atoms with Crippen LogP contribution in [-0.4, -0.2) is 90.5 Å². The molecular formula is C28H37N7O2. The van der Waals surface area contributed by atoms with Gasteiger partial charge in [-0.1, -0.05) is 0 Å². The number of ether oxygens (including phenoxy) is 2. The van der Waals surface area contributed by atoms with Crippen molar-refractivity contribution in [3.8, 4) is 5.75 Å². The summed E-state index contributed by atoms with van der Waals surface area (Å²) in [6, 6.07) is 6.40. The highest BCUT2D eigenvalue weighted by molar-refractivity contribution is 5.88. The van der Waals surface area contributed by atoms with E-state index < -0.39 is 0 Å². The SMILES string of the molecule is CN1CCN(c2nccc(CC3CCC(Oc4cc(N5CCOCC5)cc5ncncc45)CC3)n2)CC1. The van der Waals surface area contributed by atoms with E-state index in [0.717, 1.165) is 119 Å². The smallest absolute Gasteiger partial charge is 0.225 e. The summed E-state index contributed by atoms with van der Waals surface area (Å²) in [5.74, 6) is 2.42. The molecule has 9 heteroatoms. The summed E-state index contributed by atoms with van der Waals surface area (Å²) in [5, 5.41) is 0.985. The number of hydrogen-bond donors (Lipinski definition) is 0. The molecule has 1 saturated carbocycles. The molecule has 3 aliphatic rings. The Kier molecular flexibility index (Phi) is 7.32. The molecule has 6 rings (SSSR count). The van der Waals surface area contributed by atoms with Gasteiger partial charge in [-0.2, -0.15) is 0 Å². The molecule has 1 aliphatic carbocycles. The second-order valence-corrected chi connectivity index (χ2v) is 10.6. The molecule has 2 aromatic heterocycles. The Hall–Kier alpha value is -3.04. The Balaban J connectivity index is 1.08. The predicted molar refractivity (Wildman–Crippen MR) is 144 cm³/mol. The van der Waals surface area contributed by atoms with Crippen LogP contribution in [0, 0.1) is 5.92 Å². The van der Waals surface area contributed by atoms with Crippen molar-refractivity contribution in [2.24, 2.45) is 5.92 Å². The zero-order valence-electron chi connectivity index (χ0n) is 21.8. The molecule has 9 nitrogen and oxygen atoms in total. The third kappa shape index (κ3) is 5.78. The first-order chi connectivity index (χ1) is 18.2. The van der Waals surface area contributed by atoms with Gasteiger partial charge >= 0.3 is 0 Å². The second kappa shape index (κ2) is 11.1. The number of hydrogen-bond acceptors (Lipinski definition) is 9.